The van der Waals surface area contributed by atoms with Crippen molar-refractivity contribution in [1.82, 2.24) is 4.72 Å². The summed E-state index contributed by atoms with van der Waals surface area (Å²) in [6, 6.07) is 2.77. The topological polar surface area (TPSA) is 66.4 Å². The number of hydrogen-bond acceptors (Lipinski definition) is 3. The first-order valence-electron chi connectivity index (χ1n) is 6.69. The fourth-order valence-electron chi connectivity index (χ4n) is 1.73. The highest BCUT2D eigenvalue weighted by Crippen LogP contribution is 2.23. The largest absolute Gasteiger partial charge is 0.384 e. The van der Waals surface area contributed by atoms with Gasteiger partial charge in [0.2, 0.25) is 10.0 Å². The van der Waals surface area contributed by atoms with Crippen LogP contribution < -0.4 is 4.72 Å². The Morgan fingerprint density at radius 2 is 1.95 bits per heavy atom. The normalized spacial score (nSPS) is 15.2. The molecule has 1 rings (SSSR count). The monoisotopic (exact) mass is 321 g/mol. The summed E-state index contributed by atoms with van der Waals surface area (Å²) < 4.78 is 52.3. The van der Waals surface area contributed by atoms with Crippen molar-refractivity contribution in [2.75, 3.05) is 12.3 Å². The molecule has 0 aliphatic carbocycles. The summed E-state index contributed by atoms with van der Waals surface area (Å²) in [6.45, 7) is 4.70. The molecule has 2 N–H and O–H groups in total. The second-order valence-electron chi connectivity index (χ2n) is 5.72. The molecule has 0 amide bonds. The summed E-state index contributed by atoms with van der Waals surface area (Å²) in [4.78, 5) is 0. The molecule has 0 aliphatic rings. The third kappa shape index (κ3) is 5.68. The van der Waals surface area contributed by atoms with Crippen molar-refractivity contribution in [3.63, 3.8) is 0 Å². The second-order valence-corrected chi connectivity index (χ2v) is 7.65. The minimum absolute atomic E-state index is 0.0629. The number of halogens is 2. The molecule has 0 fully saturated rings. The molecule has 1 aromatic rings. The van der Waals surface area contributed by atoms with E-state index in [0.717, 1.165) is 12.1 Å². The standard InChI is InChI=1S/C14H21F2NO3S/c1-10(2)6-7-21(19,20)17-9-14(3,18)12-5-4-11(15)8-13(12)16/h4-5,8,10,17-18H,6-7,9H2,1-3H3. The fourth-order valence-corrected chi connectivity index (χ4v) is 3.16. The van der Waals surface area contributed by atoms with Crippen molar-refractivity contribution in [2.45, 2.75) is 32.8 Å². The van der Waals surface area contributed by atoms with Crippen LogP contribution in [0.3, 0.4) is 0 Å². The van der Waals surface area contributed by atoms with Gasteiger partial charge in [-0.15, -0.1) is 0 Å². The van der Waals surface area contributed by atoms with Crippen LogP contribution in [0.4, 0.5) is 8.78 Å². The van der Waals surface area contributed by atoms with E-state index < -0.39 is 27.3 Å². The van der Waals surface area contributed by atoms with E-state index in [1.54, 1.807) is 0 Å². The molecule has 1 atom stereocenters. The Bertz CT molecular complexity index is 586. The average Bonchev–Trinajstić information content (AvgIpc) is 2.34. The molecule has 4 nitrogen and oxygen atoms in total. The summed E-state index contributed by atoms with van der Waals surface area (Å²) in [5.41, 5.74) is -1.92. The number of hydrogen-bond donors (Lipinski definition) is 2. The van der Waals surface area contributed by atoms with Crippen molar-refractivity contribution in [2.24, 2.45) is 5.92 Å². The Hall–Kier alpha value is -1.05. The Labute approximate surface area is 124 Å². The van der Waals surface area contributed by atoms with E-state index in [1.165, 1.54) is 6.92 Å². The quantitative estimate of drug-likeness (QED) is 0.808. The molecule has 0 bridgehead atoms. The lowest BCUT2D eigenvalue weighted by Crippen LogP contribution is -2.40. The Balaban J connectivity index is 2.76. The lowest BCUT2D eigenvalue weighted by atomic mass is 9.96. The first kappa shape index (κ1) is 18.0. The first-order chi connectivity index (χ1) is 9.53. The van der Waals surface area contributed by atoms with Crippen LogP contribution in [-0.2, 0) is 15.6 Å². The van der Waals surface area contributed by atoms with E-state index in [-0.39, 0.29) is 23.8 Å². The minimum Gasteiger partial charge on any atom is -0.384 e. The van der Waals surface area contributed by atoms with Gasteiger partial charge in [0.25, 0.3) is 0 Å². The highest BCUT2D eigenvalue weighted by atomic mass is 32.2. The second kappa shape index (κ2) is 6.81. The van der Waals surface area contributed by atoms with Gasteiger partial charge in [-0.05, 0) is 25.3 Å². The van der Waals surface area contributed by atoms with Crippen LogP contribution in [0, 0.1) is 17.6 Å². The third-order valence-corrected chi connectivity index (χ3v) is 4.47. The predicted molar refractivity (Wildman–Crippen MR) is 77.2 cm³/mol. The summed E-state index contributed by atoms with van der Waals surface area (Å²) in [5, 5.41) is 10.2. The molecular formula is C14H21F2NO3S. The van der Waals surface area contributed by atoms with Crippen molar-refractivity contribution < 1.29 is 22.3 Å². The van der Waals surface area contributed by atoms with Crippen LogP contribution in [0.25, 0.3) is 0 Å². The summed E-state index contributed by atoms with van der Waals surface area (Å²) in [5.74, 6) is -1.50. The molecule has 0 aromatic heterocycles. The Morgan fingerprint density at radius 3 is 2.48 bits per heavy atom. The van der Waals surface area contributed by atoms with E-state index in [2.05, 4.69) is 4.72 Å². The molecule has 1 unspecified atom stereocenters. The van der Waals surface area contributed by atoms with Crippen LogP contribution in [0.15, 0.2) is 18.2 Å². The van der Waals surface area contributed by atoms with Crippen LogP contribution in [0.5, 0.6) is 0 Å². The molecule has 0 spiro atoms. The van der Waals surface area contributed by atoms with Gasteiger partial charge in [-0.2, -0.15) is 0 Å². The van der Waals surface area contributed by atoms with Crippen molar-refractivity contribution >= 4 is 10.0 Å². The van der Waals surface area contributed by atoms with Gasteiger partial charge in [-0.25, -0.2) is 21.9 Å². The lowest BCUT2D eigenvalue weighted by Gasteiger charge is -2.24. The van der Waals surface area contributed by atoms with Gasteiger partial charge < -0.3 is 5.11 Å². The molecule has 0 aliphatic heterocycles. The fraction of sp³-hybridized carbons (Fsp3) is 0.571. The molecule has 1 aromatic carbocycles. The van der Waals surface area contributed by atoms with E-state index in [4.69, 9.17) is 0 Å². The number of rotatable bonds is 7. The zero-order chi connectivity index (χ0) is 16.3. The molecule has 0 radical (unpaired) electrons. The van der Waals surface area contributed by atoms with Crippen molar-refractivity contribution in [3.05, 3.63) is 35.4 Å². The van der Waals surface area contributed by atoms with Gasteiger partial charge in [0, 0.05) is 18.2 Å². The molecule has 7 heteroatoms. The molecule has 0 heterocycles. The lowest BCUT2D eigenvalue weighted by molar-refractivity contribution is 0.0588. The van der Waals surface area contributed by atoms with E-state index in [0.29, 0.717) is 12.5 Å². The molecular weight excluding hydrogens is 300 g/mol. The number of nitrogens with one attached hydrogen (secondary N) is 1. The third-order valence-electron chi connectivity index (χ3n) is 3.11. The predicted octanol–water partition coefficient (Wildman–Crippen LogP) is 2.14. The van der Waals surface area contributed by atoms with Gasteiger partial charge in [0.1, 0.15) is 17.2 Å². The molecule has 0 saturated heterocycles. The average molecular weight is 321 g/mol. The van der Waals surface area contributed by atoms with Gasteiger partial charge in [-0.1, -0.05) is 19.9 Å². The first-order valence-corrected chi connectivity index (χ1v) is 8.34. The van der Waals surface area contributed by atoms with E-state index in [1.807, 2.05) is 13.8 Å². The van der Waals surface area contributed by atoms with Crippen molar-refractivity contribution in [3.8, 4) is 0 Å². The van der Waals surface area contributed by atoms with Crippen LogP contribution in [0.1, 0.15) is 32.8 Å². The van der Waals surface area contributed by atoms with Crippen LogP contribution >= 0.6 is 0 Å². The highest BCUT2D eigenvalue weighted by molar-refractivity contribution is 7.89. The number of benzene rings is 1. The minimum atomic E-state index is -3.55. The molecule has 21 heavy (non-hydrogen) atoms. The number of aliphatic hydroxyl groups is 1. The van der Waals surface area contributed by atoms with Gasteiger partial charge in [0.05, 0.1) is 5.75 Å². The summed E-state index contributed by atoms with van der Waals surface area (Å²) in [6.07, 6.45) is 0.488. The maximum absolute atomic E-state index is 13.6. The Morgan fingerprint density at radius 1 is 1.33 bits per heavy atom. The number of sulfonamides is 1. The Kier molecular flexibility index (Phi) is 5.83. The van der Waals surface area contributed by atoms with Crippen LogP contribution in [-0.4, -0.2) is 25.8 Å². The van der Waals surface area contributed by atoms with Crippen molar-refractivity contribution in [1.29, 1.82) is 0 Å². The van der Waals surface area contributed by atoms with Gasteiger partial charge in [0.15, 0.2) is 0 Å². The smallest absolute Gasteiger partial charge is 0.211 e. The highest BCUT2D eigenvalue weighted by Gasteiger charge is 2.28. The SMILES string of the molecule is CC(C)CCS(=O)(=O)NCC(C)(O)c1ccc(F)cc1F. The molecule has 0 saturated carbocycles. The summed E-state index contributed by atoms with van der Waals surface area (Å²) >= 11 is 0. The van der Waals surface area contributed by atoms with E-state index >= 15 is 0 Å². The zero-order valence-corrected chi connectivity index (χ0v) is 13.2. The van der Waals surface area contributed by atoms with E-state index in [9.17, 15) is 22.3 Å². The van der Waals surface area contributed by atoms with Gasteiger partial charge >= 0.3 is 0 Å². The molecule has 120 valence electrons. The zero-order valence-electron chi connectivity index (χ0n) is 12.4. The summed E-state index contributed by atoms with van der Waals surface area (Å²) in [7, 11) is -3.55. The van der Waals surface area contributed by atoms with Crippen LogP contribution in [0.2, 0.25) is 0 Å². The maximum atomic E-state index is 13.6. The maximum Gasteiger partial charge on any atom is 0.211 e. The van der Waals surface area contributed by atoms with Gasteiger partial charge in [-0.3, -0.25) is 0 Å².